The molecule has 1 atom stereocenters. The molecule has 1 unspecified atom stereocenters. The van der Waals surface area contributed by atoms with Gasteiger partial charge in [0.05, 0.1) is 25.8 Å². The maximum Gasteiger partial charge on any atom is 0.192 e. The molecule has 0 bridgehead atoms. The third-order valence-electron chi connectivity index (χ3n) is 4.47. The first-order valence-electron chi connectivity index (χ1n) is 9.57. The summed E-state index contributed by atoms with van der Waals surface area (Å²) in [7, 11) is 7.44. The van der Waals surface area contributed by atoms with Gasteiger partial charge in [0.25, 0.3) is 0 Å². The molecule has 29 heavy (non-hydrogen) atoms. The van der Waals surface area contributed by atoms with Crippen LogP contribution in [0, 0.1) is 6.92 Å². The van der Waals surface area contributed by atoms with Crippen LogP contribution in [-0.4, -0.2) is 70.6 Å². The van der Waals surface area contributed by atoms with E-state index in [1.54, 1.807) is 14.0 Å². The highest BCUT2D eigenvalue weighted by molar-refractivity contribution is 5.79. The van der Waals surface area contributed by atoms with Crippen LogP contribution >= 0.6 is 0 Å². The molecule has 0 amide bonds. The lowest BCUT2D eigenvalue weighted by atomic mass is 10.1. The molecule has 1 aromatic carbocycles. The van der Waals surface area contributed by atoms with Gasteiger partial charge in [-0.25, -0.2) is 4.99 Å². The van der Waals surface area contributed by atoms with Gasteiger partial charge in [-0.3, -0.25) is 0 Å². The maximum atomic E-state index is 10.6. The van der Waals surface area contributed by atoms with Crippen molar-refractivity contribution < 1.29 is 9.84 Å². The van der Waals surface area contributed by atoms with E-state index >= 15 is 0 Å². The minimum Gasteiger partial charge on any atom is -0.497 e. The van der Waals surface area contributed by atoms with Crippen LogP contribution in [0.25, 0.3) is 0 Å². The third kappa shape index (κ3) is 7.35. The van der Waals surface area contributed by atoms with Gasteiger partial charge in [0.1, 0.15) is 11.6 Å². The molecule has 1 aromatic heterocycles. The Balaban J connectivity index is 2.06. The number of guanidine groups is 1. The third-order valence-corrected chi connectivity index (χ3v) is 4.47. The average molecular weight is 404 g/mol. The van der Waals surface area contributed by atoms with Crippen molar-refractivity contribution in [1.82, 2.24) is 30.3 Å². The summed E-state index contributed by atoms with van der Waals surface area (Å²) in [5.74, 6) is 3.06. The molecule has 3 N–H and O–H groups in total. The van der Waals surface area contributed by atoms with Gasteiger partial charge in [0.2, 0.25) is 0 Å². The lowest BCUT2D eigenvalue weighted by molar-refractivity contribution is 0.0377. The Morgan fingerprint density at radius 2 is 1.93 bits per heavy atom. The number of aliphatic imine (C=N–C) groups is 1. The van der Waals surface area contributed by atoms with E-state index in [1.165, 1.54) is 0 Å². The Morgan fingerprint density at radius 3 is 2.48 bits per heavy atom. The smallest absolute Gasteiger partial charge is 0.192 e. The molecule has 2 rings (SSSR count). The highest BCUT2D eigenvalue weighted by Crippen LogP contribution is 2.12. The van der Waals surface area contributed by atoms with Crippen molar-refractivity contribution in [1.29, 1.82) is 0 Å². The van der Waals surface area contributed by atoms with E-state index in [0.29, 0.717) is 32.1 Å². The largest absolute Gasteiger partial charge is 0.497 e. The topological polar surface area (TPSA) is 99.8 Å². The van der Waals surface area contributed by atoms with Crippen LogP contribution in [0.15, 0.2) is 29.3 Å². The summed E-state index contributed by atoms with van der Waals surface area (Å²) in [6.07, 6.45) is 0. The van der Waals surface area contributed by atoms with E-state index in [1.807, 2.05) is 61.8 Å². The van der Waals surface area contributed by atoms with Crippen molar-refractivity contribution in [3.05, 3.63) is 41.5 Å². The molecule has 2 aromatic rings. The summed E-state index contributed by atoms with van der Waals surface area (Å²) in [5, 5.41) is 25.3. The van der Waals surface area contributed by atoms with E-state index in [-0.39, 0.29) is 0 Å². The zero-order valence-corrected chi connectivity index (χ0v) is 18.2. The number of benzene rings is 1. The Labute approximate surface area is 172 Å². The number of aliphatic hydroxyl groups is 1. The second-order valence-corrected chi connectivity index (χ2v) is 7.68. The molecule has 0 saturated carbocycles. The number of methoxy groups -OCH3 is 1. The summed E-state index contributed by atoms with van der Waals surface area (Å²) < 4.78 is 7.12. The van der Waals surface area contributed by atoms with Crippen molar-refractivity contribution in [2.45, 2.75) is 32.5 Å². The van der Waals surface area contributed by atoms with Crippen LogP contribution in [0.1, 0.15) is 24.1 Å². The summed E-state index contributed by atoms with van der Waals surface area (Å²) in [4.78, 5) is 6.60. The zero-order valence-electron chi connectivity index (χ0n) is 18.2. The number of likely N-dealkylation sites (N-methyl/N-ethyl adjacent to an activating group) is 1. The van der Waals surface area contributed by atoms with Crippen molar-refractivity contribution in [3.63, 3.8) is 0 Å². The van der Waals surface area contributed by atoms with Crippen molar-refractivity contribution >= 4 is 5.96 Å². The Bertz CT molecular complexity index is 798. The highest BCUT2D eigenvalue weighted by Gasteiger charge is 2.21. The van der Waals surface area contributed by atoms with Crippen molar-refractivity contribution in [2.75, 3.05) is 34.3 Å². The molecule has 0 spiro atoms. The monoisotopic (exact) mass is 403 g/mol. The first kappa shape index (κ1) is 22.6. The quantitative estimate of drug-likeness (QED) is 0.418. The lowest BCUT2D eigenvalue weighted by Gasteiger charge is -2.28. The fraction of sp³-hybridized carbons (Fsp3) is 0.550. The van der Waals surface area contributed by atoms with E-state index in [9.17, 15) is 5.11 Å². The van der Waals surface area contributed by atoms with Crippen molar-refractivity contribution in [3.8, 4) is 5.75 Å². The minimum atomic E-state index is -0.895. The molecule has 0 fully saturated rings. The van der Waals surface area contributed by atoms with Gasteiger partial charge >= 0.3 is 0 Å². The van der Waals surface area contributed by atoms with Crippen LogP contribution in [0.4, 0.5) is 0 Å². The van der Waals surface area contributed by atoms with E-state index < -0.39 is 5.60 Å². The SMILES string of the molecule is COc1ccc(CN=C(NCc2nnc(C)n2C)NCC(C)(O)CN(C)C)cc1. The second kappa shape index (κ2) is 10.2. The molecule has 9 heteroatoms. The van der Waals surface area contributed by atoms with E-state index in [2.05, 4.69) is 25.8 Å². The summed E-state index contributed by atoms with van der Waals surface area (Å²) in [5.41, 5.74) is 0.161. The lowest BCUT2D eigenvalue weighted by Crippen LogP contribution is -2.50. The van der Waals surface area contributed by atoms with Crippen LogP contribution in [0.2, 0.25) is 0 Å². The molecule has 0 radical (unpaired) electrons. The molecule has 0 aliphatic carbocycles. The fourth-order valence-corrected chi connectivity index (χ4v) is 2.85. The number of hydrogen-bond donors (Lipinski definition) is 3. The van der Waals surface area contributed by atoms with Gasteiger partial charge in [0.15, 0.2) is 11.8 Å². The first-order valence-corrected chi connectivity index (χ1v) is 9.57. The molecule has 1 heterocycles. The molecule has 0 aliphatic heterocycles. The molecule has 0 aliphatic rings. The molecular formula is C20H33N7O2. The predicted octanol–water partition coefficient (Wildman–Crippen LogP) is 0.680. The number of ether oxygens (including phenoxy) is 1. The van der Waals surface area contributed by atoms with Gasteiger partial charge < -0.3 is 29.9 Å². The highest BCUT2D eigenvalue weighted by atomic mass is 16.5. The fourth-order valence-electron chi connectivity index (χ4n) is 2.85. The summed E-state index contributed by atoms with van der Waals surface area (Å²) in [6.45, 7) is 5.57. The molecule has 0 saturated heterocycles. The number of aryl methyl sites for hydroxylation is 1. The number of aromatic nitrogens is 3. The van der Waals surface area contributed by atoms with Gasteiger partial charge in [-0.1, -0.05) is 12.1 Å². The van der Waals surface area contributed by atoms with Gasteiger partial charge in [-0.05, 0) is 45.6 Å². The molecular weight excluding hydrogens is 370 g/mol. The number of hydrogen-bond acceptors (Lipinski definition) is 6. The van der Waals surface area contributed by atoms with E-state index in [4.69, 9.17) is 4.74 Å². The standard InChI is InChI=1S/C20H33N7O2/c1-15-24-25-18(27(15)5)12-22-19(23-13-20(2,28)14-26(3)4)21-11-16-7-9-17(29-6)10-8-16/h7-10,28H,11-14H2,1-6H3,(H2,21,22,23). The Kier molecular flexibility index (Phi) is 7.98. The summed E-state index contributed by atoms with van der Waals surface area (Å²) >= 11 is 0. The van der Waals surface area contributed by atoms with Crippen molar-refractivity contribution in [2.24, 2.45) is 12.0 Å². The molecule has 160 valence electrons. The Hall–Kier alpha value is -2.65. The van der Waals surface area contributed by atoms with Gasteiger partial charge in [-0.15, -0.1) is 10.2 Å². The van der Waals surface area contributed by atoms with Crippen LogP contribution < -0.4 is 15.4 Å². The van der Waals surface area contributed by atoms with Gasteiger partial charge in [0, 0.05) is 20.1 Å². The minimum absolute atomic E-state index is 0.359. The van der Waals surface area contributed by atoms with E-state index in [0.717, 1.165) is 23.0 Å². The zero-order chi connectivity index (χ0) is 21.4. The number of nitrogens with zero attached hydrogens (tertiary/aromatic N) is 5. The Morgan fingerprint density at radius 1 is 1.24 bits per heavy atom. The molecule has 9 nitrogen and oxygen atoms in total. The number of nitrogens with one attached hydrogen (secondary N) is 2. The first-order chi connectivity index (χ1) is 13.7. The van der Waals surface area contributed by atoms with Crippen LogP contribution in [0.5, 0.6) is 5.75 Å². The van der Waals surface area contributed by atoms with Gasteiger partial charge in [-0.2, -0.15) is 0 Å². The van der Waals surface area contributed by atoms with Crippen LogP contribution in [0.3, 0.4) is 0 Å². The predicted molar refractivity (Wildman–Crippen MR) is 114 cm³/mol. The second-order valence-electron chi connectivity index (χ2n) is 7.68. The number of rotatable bonds is 9. The normalized spacial score (nSPS) is 14.0. The maximum absolute atomic E-state index is 10.6. The average Bonchev–Trinajstić information content (AvgIpc) is 2.99. The summed E-state index contributed by atoms with van der Waals surface area (Å²) in [6, 6.07) is 7.79. The van der Waals surface area contributed by atoms with Crippen LogP contribution in [-0.2, 0) is 20.1 Å².